The van der Waals surface area contributed by atoms with E-state index >= 15 is 13.2 Å². The number of rotatable bonds is 4. The minimum absolute atomic E-state index is 0.191. The van der Waals surface area contributed by atoms with Gasteiger partial charge in [-0.3, -0.25) is 4.79 Å². The molecule has 1 saturated heterocycles. The number of hydrogen-bond donors (Lipinski definition) is 2. The fraction of sp³-hybridized carbons (Fsp3) is 0.304. The van der Waals surface area contributed by atoms with Crippen LogP contribution < -0.4 is 20.4 Å². The van der Waals surface area contributed by atoms with Crippen molar-refractivity contribution in [2.24, 2.45) is 0 Å². The molecule has 10 heteroatoms. The van der Waals surface area contributed by atoms with Crippen molar-refractivity contribution in [1.29, 1.82) is 0 Å². The van der Waals surface area contributed by atoms with Crippen molar-refractivity contribution in [2.75, 3.05) is 24.5 Å². The second-order valence-electron chi connectivity index (χ2n) is 8.21. The number of aromatic nitrogens is 1. The summed E-state index contributed by atoms with van der Waals surface area (Å²) in [6.07, 6.45) is 0.536. The van der Waals surface area contributed by atoms with Gasteiger partial charge in [0.15, 0.2) is 23.2 Å². The van der Waals surface area contributed by atoms with E-state index in [2.05, 4.69) is 10.1 Å². The Morgan fingerprint density at radius 3 is 2.48 bits per heavy atom. The topological polar surface area (TPSA) is 83.8 Å². The molecule has 0 amide bonds. The number of carboxylic acid groups (broad SMARTS) is 1. The summed E-state index contributed by atoms with van der Waals surface area (Å²) in [5.74, 6) is -4.76. The third-order valence-electron chi connectivity index (χ3n) is 6.07. The number of nitrogens with one attached hydrogen (secondary N) is 1. The van der Waals surface area contributed by atoms with Gasteiger partial charge >= 0.3 is 6.16 Å². The number of ether oxygens (including phenoxy) is 1. The first kappa shape index (κ1) is 21.3. The van der Waals surface area contributed by atoms with E-state index in [0.29, 0.717) is 19.4 Å². The number of nitrogens with zero attached hydrogens (tertiary/aromatic N) is 2. The van der Waals surface area contributed by atoms with Gasteiger partial charge in [0, 0.05) is 31.7 Å². The maximum atomic E-state index is 15.9. The van der Waals surface area contributed by atoms with Gasteiger partial charge in [-0.25, -0.2) is 18.0 Å². The SMILES string of the molecule is O=C(O)Oc1cn(C2CC2)c2c(F)c(N3CCNC(c4ccccc4)C3)c(F)c(F)c2c1=O. The van der Waals surface area contributed by atoms with E-state index in [1.54, 1.807) is 0 Å². The summed E-state index contributed by atoms with van der Waals surface area (Å²) in [4.78, 5) is 25.1. The summed E-state index contributed by atoms with van der Waals surface area (Å²) in [5, 5.41) is 11.3. The lowest BCUT2D eigenvalue weighted by Crippen LogP contribution is -2.46. The molecule has 2 fully saturated rings. The molecule has 2 aliphatic rings. The lowest BCUT2D eigenvalue weighted by atomic mass is 10.0. The van der Waals surface area contributed by atoms with Gasteiger partial charge in [-0.05, 0) is 18.4 Å². The summed E-state index contributed by atoms with van der Waals surface area (Å²) in [5.41, 5.74) is -1.21. The standard InChI is InChI=1S/C23H20F3N3O4/c24-17-16-20(29(13-6-7-13)11-15(22(16)30)33-23(31)32)19(26)21(18(17)25)28-9-8-27-14(10-28)12-4-2-1-3-5-12/h1-5,11,13-14,27H,6-10H2,(H,31,32). The molecule has 5 rings (SSSR count). The minimum Gasteiger partial charge on any atom is -0.449 e. The van der Waals surface area contributed by atoms with E-state index in [0.717, 1.165) is 11.8 Å². The zero-order valence-electron chi connectivity index (χ0n) is 17.4. The van der Waals surface area contributed by atoms with Gasteiger partial charge in [0.2, 0.25) is 5.43 Å². The van der Waals surface area contributed by atoms with Crippen LogP contribution in [-0.2, 0) is 0 Å². The fourth-order valence-electron chi connectivity index (χ4n) is 4.41. The highest BCUT2D eigenvalue weighted by atomic mass is 19.2. The first-order valence-electron chi connectivity index (χ1n) is 10.6. The Hall–Kier alpha value is -3.53. The average molecular weight is 459 g/mol. The molecule has 0 spiro atoms. The first-order valence-corrected chi connectivity index (χ1v) is 10.6. The van der Waals surface area contributed by atoms with E-state index in [1.807, 2.05) is 30.3 Å². The second-order valence-corrected chi connectivity index (χ2v) is 8.21. The Morgan fingerprint density at radius 1 is 1.09 bits per heavy atom. The van der Waals surface area contributed by atoms with Crippen LogP contribution in [0.15, 0.2) is 41.3 Å². The Bertz CT molecular complexity index is 1310. The highest BCUT2D eigenvalue weighted by molar-refractivity contribution is 5.86. The average Bonchev–Trinajstić information content (AvgIpc) is 3.65. The number of hydrogen-bond acceptors (Lipinski definition) is 5. The van der Waals surface area contributed by atoms with Crippen LogP contribution in [0, 0.1) is 17.5 Å². The van der Waals surface area contributed by atoms with Crippen LogP contribution in [-0.4, -0.2) is 35.5 Å². The molecule has 0 bridgehead atoms. The van der Waals surface area contributed by atoms with Gasteiger partial charge in [0.05, 0.1) is 17.1 Å². The fourth-order valence-corrected chi connectivity index (χ4v) is 4.41. The predicted octanol–water partition coefficient (Wildman–Crippen LogP) is 3.96. The molecule has 33 heavy (non-hydrogen) atoms. The molecule has 2 heterocycles. The van der Waals surface area contributed by atoms with E-state index in [1.165, 1.54) is 9.47 Å². The maximum absolute atomic E-state index is 15.9. The third kappa shape index (κ3) is 3.70. The summed E-state index contributed by atoms with van der Waals surface area (Å²) in [6.45, 7) is 0.839. The van der Waals surface area contributed by atoms with Crippen molar-refractivity contribution in [3.05, 3.63) is 69.8 Å². The van der Waals surface area contributed by atoms with Crippen LogP contribution in [0.5, 0.6) is 5.75 Å². The minimum atomic E-state index is -1.78. The molecule has 1 aromatic heterocycles. The van der Waals surface area contributed by atoms with Crippen LogP contribution in [0.2, 0.25) is 0 Å². The molecular formula is C23H20F3N3O4. The molecule has 7 nitrogen and oxygen atoms in total. The summed E-state index contributed by atoms with van der Waals surface area (Å²) in [6, 6.07) is 8.87. The van der Waals surface area contributed by atoms with E-state index in [4.69, 9.17) is 5.11 Å². The largest absolute Gasteiger partial charge is 0.511 e. The maximum Gasteiger partial charge on any atom is 0.511 e. The quantitative estimate of drug-likeness (QED) is 0.454. The molecule has 1 saturated carbocycles. The van der Waals surface area contributed by atoms with Crippen LogP contribution >= 0.6 is 0 Å². The lowest BCUT2D eigenvalue weighted by molar-refractivity contribution is 0.143. The molecule has 3 aromatic rings. The highest BCUT2D eigenvalue weighted by Gasteiger charge is 2.34. The van der Waals surface area contributed by atoms with Gasteiger partial charge in [0.25, 0.3) is 0 Å². The summed E-state index contributed by atoms with van der Waals surface area (Å²) >= 11 is 0. The Labute approximate surface area is 186 Å². The Morgan fingerprint density at radius 2 is 1.82 bits per heavy atom. The molecule has 1 aliphatic carbocycles. The van der Waals surface area contributed by atoms with E-state index in [9.17, 15) is 9.59 Å². The van der Waals surface area contributed by atoms with Crippen molar-refractivity contribution in [1.82, 2.24) is 9.88 Å². The molecule has 1 aliphatic heterocycles. The zero-order chi connectivity index (χ0) is 23.3. The van der Waals surface area contributed by atoms with Crippen molar-refractivity contribution in [3.8, 4) is 5.75 Å². The van der Waals surface area contributed by atoms with Crippen molar-refractivity contribution in [3.63, 3.8) is 0 Å². The van der Waals surface area contributed by atoms with Gasteiger partial charge in [-0.15, -0.1) is 0 Å². The first-order chi connectivity index (χ1) is 15.9. The van der Waals surface area contributed by atoms with E-state index in [-0.39, 0.29) is 30.7 Å². The number of carbonyl (C=O) groups is 1. The number of anilines is 1. The Kier molecular flexibility index (Phi) is 5.24. The molecule has 0 radical (unpaired) electrons. The lowest BCUT2D eigenvalue weighted by Gasteiger charge is -2.36. The van der Waals surface area contributed by atoms with Crippen molar-refractivity contribution < 1.29 is 27.8 Å². The van der Waals surface area contributed by atoms with Gasteiger partial charge in [-0.2, -0.15) is 0 Å². The molecular weight excluding hydrogens is 439 g/mol. The normalized spacial score (nSPS) is 18.5. The third-order valence-corrected chi connectivity index (χ3v) is 6.07. The van der Waals surface area contributed by atoms with Gasteiger partial charge < -0.3 is 24.6 Å². The smallest absolute Gasteiger partial charge is 0.449 e. The number of halogens is 3. The number of benzene rings is 2. The summed E-state index contributed by atoms with van der Waals surface area (Å²) < 4.78 is 52.1. The van der Waals surface area contributed by atoms with Gasteiger partial charge in [-0.1, -0.05) is 30.3 Å². The van der Waals surface area contributed by atoms with Gasteiger partial charge in [0.1, 0.15) is 5.69 Å². The van der Waals surface area contributed by atoms with Crippen LogP contribution in [0.1, 0.15) is 30.5 Å². The number of pyridine rings is 1. The molecule has 2 N–H and O–H groups in total. The van der Waals surface area contributed by atoms with Crippen molar-refractivity contribution >= 4 is 22.7 Å². The monoisotopic (exact) mass is 459 g/mol. The number of fused-ring (bicyclic) bond motifs is 1. The molecule has 172 valence electrons. The second kappa shape index (κ2) is 8.11. The number of piperazine rings is 1. The zero-order valence-corrected chi connectivity index (χ0v) is 17.4. The summed E-state index contributed by atoms with van der Waals surface area (Å²) in [7, 11) is 0. The molecule has 1 unspecified atom stereocenters. The molecule has 1 atom stereocenters. The Balaban J connectivity index is 1.67. The van der Waals surface area contributed by atoms with Crippen LogP contribution in [0.3, 0.4) is 0 Å². The highest BCUT2D eigenvalue weighted by Crippen LogP contribution is 2.41. The molecule has 2 aromatic carbocycles. The predicted molar refractivity (Wildman–Crippen MR) is 114 cm³/mol. The van der Waals surface area contributed by atoms with Crippen LogP contribution in [0.4, 0.5) is 23.7 Å². The van der Waals surface area contributed by atoms with Crippen molar-refractivity contribution in [2.45, 2.75) is 24.9 Å². The van der Waals surface area contributed by atoms with Crippen LogP contribution in [0.25, 0.3) is 10.9 Å². The van der Waals surface area contributed by atoms with E-state index < -0.39 is 45.9 Å².